The largest absolute Gasteiger partial charge is 0.460 e. The maximum atomic E-state index is 12.6. The van der Waals surface area contributed by atoms with Gasteiger partial charge in [-0.1, -0.05) is 35.9 Å². The molecule has 0 bridgehead atoms. The van der Waals surface area contributed by atoms with Gasteiger partial charge in [0, 0.05) is 6.42 Å². The number of halogens is 3. The van der Waals surface area contributed by atoms with Gasteiger partial charge in [-0.3, -0.25) is 4.79 Å². The fourth-order valence-electron chi connectivity index (χ4n) is 2.34. The molecule has 0 saturated heterocycles. The molecule has 2 aromatic carbocycles. The molecule has 144 valence electrons. The topological polar surface area (TPSA) is 55.4 Å². The molecule has 0 aromatic heterocycles. The minimum atomic E-state index is -4.53. The quantitative estimate of drug-likeness (QED) is 0.586. The Morgan fingerprint density at radius 2 is 1.78 bits per heavy atom. The van der Waals surface area contributed by atoms with Crippen LogP contribution in [0.5, 0.6) is 0 Å². The van der Waals surface area contributed by atoms with E-state index in [-0.39, 0.29) is 24.6 Å². The van der Waals surface area contributed by atoms with E-state index in [9.17, 15) is 22.8 Å². The van der Waals surface area contributed by atoms with Crippen molar-refractivity contribution in [1.29, 1.82) is 0 Å². The first-order valence-corrected chi connectivity index (χ1v) is 8.42. The fourth-order valence-corrected chi connectivity index (χ4v) is 2.34. The second-order valence-electron chi connectivity index (χ2n) is 6.05. The van der Waals surface area contributed by atoms with Gasteiger partial charge in [-0.15, -0.1) is 0 Å². The van der Waals surface area contributed by atoms with E-state index in [1.807, 2.05) is 31.2 Å². The second kappa shape index (κ2) is 9.21. The number of esters is 1. The summed E-state index contributed by atoms with van der Waals surface area (Å²) in [5, 5.41) is 2.61. The van der Waals surface area contributed by atoms with Crippen molar-refractivity contribution in [2.24, 2.45) is 0 Å². The van der Waals surface area contributed by atoms with Crippen LogP contribution in [0.2, 0.25) is 0 Å². The third-order valence-corrected chi connectivity index (χ3v) is 3.84. The van der Waals surface area contributed by atoms with Crippen LogP contribution in [0.1, 0.15) is 33.5 Å². The van der Waals surface area contributed by atoms with Crippen molar-refractivity contribution in [2.75, 3.05) is 13.2 Å². The number of amides is 1. The molecule has 0 aliphatic carbocycles. The van der Waals surface area contributed by atoms with E-state index in [1.54, 1.807) is 0 Å². The van der Waals surface area contributed by atoms with Crippen LogP contribution < -0.4 is 5.32 Å². The van der Waals surface area contributed by atoms with E-state index in [2.05, 4.69) is 5.32 Å². The molecule has 0 fully saturated rings. The van der Waals surface area contributed by atoms with Crippen LogP contribution in [-0.2, 0) is 22.1 Å². The van der Waals surface area contributed by atoms with Gasteiger partial charge in [-0.2, -0.15) is 13.2 Å². The summed E-state index contributed by atoms with van der Waals surface area (Å²) in [4.78, 5) is 23.6. The maximum absolute atomic E-state index is 12.6. The molecule has 1 N–H and O–H groups in total. The molecule has 27 heavy (non-hydrogen) atoms. The molecule has 0 spiro atoms. The van der Waals surface area contributed by atoms with Gasteiger partial charge >= 0.3 is 12.1 Å². The highest BCUT2D eigenvalue weighted by atomic mass is 19.4. The molecule has 0 saturated carbocycles. The fraction of sp³-hybridized carbons (Fsp3) is 0.300. The molecule has 0 unspecified atom stereocenters. The van der Waals surface area contributed by atoms with Gasteiger partial charge in [0.25, 0.3) is 0 Å². The minimum Gasteiger partial charge on any atom is -0.460 e. The lowest BCUT2D eigenvalue weighted by atomic mass is 10.1. The van der Waals surface area contributed by atoms with Crippen molar-refractivity contribution >= 4 is 11.9 Å². The van der Waals surface area contributed by atoms with Crippen molar-refractivity contribution in [3.63, 3.8) is 0 Å². The van der Waals surface area contributed by atoms with E-state index in [0.29, 0.717) is 12.8 Å². The zero-order valence-corrected chi connectivity index (χ0v) is 14.8. The van der Waals surface area contributed by atoms with Crippen LogP contribution in [0, 0.1) is 6.92 Å². The highest BCUT2D eigenvalue weighted by Gasteiger charge is 2.31. The van der Waals surface area contributed by atoms with Gasteiger partial charge in [0.1, 0.15) is 6.61 Å². The first-order chi connectivity index (χ1) is 12.8. The van der Waals surface area contributed by atoms with Crippen LogP contribution in [0.15, 0.2) is 48.5 Å². The monoisotopic (exact) mass is 379 g/mol. The Balaban J connectivity index is 1.70. The van der Waals surface area contributed by atoms with E-state index in [1.165, 1.54) is 6.07 Å². The Hall–Kier alpha value is -2.83. The van der Waals surface area contributed by atoms with Crippen LogP contribution in [0.3, 0.4) is 0 Å². The van der Waals surface area contributed by atoms with Gasteiger partial charge in [0.2, 0.25) is 5.91 Å². The number of alkyl halides is 3. The van der Waals surface area contributed by atoms with E-state index >= 15 is 0 Å². The van der Waals surface area contributed by atoms with Crippen LogP contribution in [-0.4, -0.2) is 25.0 Å². The first-order valence-electron chi connectivity index (χ1n) is 8.42. The lowest BCUT2D eigenvalue weighted by Gasteiger charge is -2.09. The van der Waals surface area contributed by atoms with Gasteiger partial charge in [0.15, 0.2) is 0 Å². The predicted octanol–water partition coefficient (Wildman–Crippen LogP) is 3.92. The normalized spacial score (nSPS) is 11.1. The number of ether oxygens (including phenoxy) is 1. The average Bonchev–Trinajstić information content (AvgIpc) is 2.64. The molecular formula is C20H20F3NO3. The minimum absolute atomic E-state index is 0.0947. The predicted molar refractivity (Wildman–Crippen MR) is 94.2 cm³/mol. The molecular weight excluding hydrogens is 359 g/mol. The number of rotatable bonds is 7. The number of aryl methyl sites for hydroxylation is 2. The Morgan fingerprint density at radius 3 is 2.44 bits per heavy atom. The molecule has 0 atom stereocenters. The van der Waals surface area contributed by atoms with Gasteiger partial charge in [-0.25, -0.2) is 4.79 Å². The molecule has 1 amide bonds. The zero-order chi connectivity index (χ0) is 19.9. The first kappa shape index (κ1) is 20.5. The van der Waals surface area contributed by atoms with Crippen molar-refractivity contribution in [3.8, 4) is 0 Å². The van der Waals surface area contributed by atoms with Crippen LogP contribution >= 0.6 is 0 Å². The maximum Gasteiger partial charge on any atom is 0.416 e. The summed E-state index contributed by atoms with van der Waals surface area (Å²) in [7, 11) is 0. The Kier molecular flexibility index (Phi) is 6.98. The smallest absolute Gasteiger partial charge is 0.416 e. The van der Waals surface area contributed by atoms with E-state index in [4.69, 9.17) is 4.74 Å². The number of carbonyl (C=O) groups excluding carboxylic acids is 2. The SMILES string of the molecule is Cc1ccc(CCC(=O)NCCOC(=O)c2cccc(C(F)(F)F)c2)cc1. The summed E-state index contributed by atoms with van der Waals surface area (Å²) in [6, 6.07) is 11.9. The lowest BCUT2D eigenvalue weighted by molar-refractivity contribution is -0.137. The molecule has 4 nitrogen and oxygen atoms in total. The summed E-state index contributed by atoms with van der Waals surface area (Å²) in [5.74, 6) is -1.05. The summed E-state index contributed by atoms with van der Waals surface area (Å²) in [5.41, 5.74) is 1.09. The molecule has 2 rings (SSSR count). The number of benzene rings is 2. The van der Waals surface area contributed by atoms with Crippen molar-refractivity contribution in [1.82, 2.24) is 5.32 Å². The summed E-state index contributed by atoms with van der Waals surface area (Å²) < 4.78 is 42.8. The van der Waals surface area contributed by atoms with Crippen molar-refractivity contribution < 1.29 is 27.5 Å². The summed E-state index contributed by atoms with van der Waals surface area (Å²) in [6.45, 7) is 1.96. The molecule has 0 aliphatic rings. The van der Waals surface area contributed by atoms with Gasteiger partial charge < -0.3 is 10.1 Å². The number of hydrogen-bond donors (Lipinski definition) is 1. The van der Waals surface area contributed by atoms with Gasteiger partial charge in [0.05, 0.1) is 17.7 Å². The highest BCUT2D eigenvalue weighted by molar-refractivity contribution is 5.89. The van der Waals surface area contributed by atoms with Crippen molar-refractivity contribution in [3.05, 3.63) is 70.8 Å². The standard InChI is InChI=1S/C20H20F3NO3/c1-14-5-7-15(8-6-14)9-10-18(25)24-11-12-27-19(26)16-3-2-4-17(13-16)20(21,22)23/h2-8,13H,9-12H2,1H3,(H,24,25). The summed E-state index contributed by atoms with van der Waals surface area (Å²) >= 11 is 0. The second-order valence-corrected chi connectivity index (χ2v) is 6.05. The summed E-state index contributed by atoms with van der Waals surface area (Å²) in [6.07, 6.45) is -3.64. The van der Waals surface area contributed by atoms with Crippen LogP contribution in [0.4, 0.5) is 13.2 Å². The third-order valence-electron chi connectivity index (χ3n) is 3.84. The van der Waals surface area contributed by atoms with Gasteiger partial charge in [-0.05, 0) is 37.1 Å². The number of nitrogens with one attached hydrogen (secondary N) is 1. The Morgan fingerprint density at radius 1 is 1.07 bits per heavy atom. The molecule has 0 radical (unpaired) electrons. The third kappa shape index (κ3) is 6.77. The zero-order valence-electron chi connectivity index (χ0n) is 14.8. The Bertz CT molecular complexity index is 786. The molecule has 0 heterocycles. The highest BCUT2D eigenvalue weighted by Crippen LogP contribution is 2.29. The molecule has 2 aromatic rings. The number of carbonyl (C=O) groups is 2. The lowest BCUT2D eigenvalue weighted by Crippen LogP contribution is -2.28. The average molecular weight is 379 g/mol. The number of hydrogen-bond acceptors (Lipinski definition) is 3. The van der Waals surface area contributed by atoms with Crippen molar-refractivity contribution in [2.45, 2.75) is 25.9 Å². The van der Waals surface area contributed by atoms with E-state index in [0.717, 1.165) is 29.3 Å². The van der Waals surface area contributed by atoms with Crippen LogP contribution in [0.25, 0.3) is 0 Å². The Labute approximate surface area is 155 Å². The van der Waals surface area contributed by atoms with E-state index < -0.39 is 17.7 Å². The molecule has 7 heteroatoms. The molecule has 0 aliphatic heterocycles.